The number of aromatic nitrogens is 2. The van der Waals surface area contributed by atoms with E-state index in [0.717, 1.165) is 38.3 Å². The van der Waals surface area contributed by atoms with Gasteiger partial charge in [0.25, 0.3) is 0 Å². The molecular formula is C17H23N3O. The zero-order valence-corrected chi connectivity index (χ0v) is 12.5. The fourth-order valence-corrected chi connectivity index (χ4v) is 3.21. The topological polar surface area (TPSA) is 41.3 Å². The Morgan fingerprint density at radius 3 is 2.86 bits per heavy atom. The summed E-state index contributed by atoms with van der Waals surface area (Å²) in [5.41, 5.74) is 1.34. The quantitative estimate of drug-likeness (QED) is 0.937. The highest BCUT2D eigenvalue weighted by Crippen LogP contribution is 2.29. The Balaban J connectivity index is 1.64. The number of benzene rings is 1. The van der Waals surface area contributed by atoms with Crippen LogP contribution in [0.1, 0.15) is 30.3 Å². The summed E-state index contributed by atoms with van der Waals surface area (Å²) in [6.07, 6.45) is 5.38. The molecule has 1 fully saturated rings. The van der Waals surface area contributed by atoms with Gasteiger partial charge in [-0.3, -0.25) is 4.90 Å². The minimum atomic E-state index is -0.469. The van der Waals surface area contributed by atoms with Gasteiger partial charge in [0.1, 0.15) is 11.9 Å². The van der Waals surface area contributed by atoms with Gasteiger partial charge < -0.3 is 9.67 Å². The standard InChI is InChI=1S/C17H23N3O/c1-19-11-9-18-17(19)16(21)15-8-5-10-20(13-15)12-14-6-3-2-4-7-14/h2-4,6-7,9,11,15-16,21H,5,8,10,12-13H2,1H3. The lowest BCUT2D eigenvalue weighted by atomic mass is 9.91. The molecule has 1 aromatic heterocycles. The highest BCUT2D eigenvalue weighted by molar-refractivity contribution is 5.14. The lowest BCUT2D eigenvalue weighted by molar-refractivity contribution is 0.0405. The third-order valence-electron chi connectivity index (χ3n) is 4.36. The van der Waals surface area contributed by atoms with E-state index in [1.165, 1.54) is 5.56 Å². The maximum absolute atomic E-state index is 10.6. The number of hydrogen-bond acceptors (Lipinski definition) is 3. The number of aryl methyl sites for hydroxylation is 1. The fraction of sp³-hybridized carbons (Fsp3) is 0.471. The number of hydrogen-bond donors (Lipinski definition) is 1. The molecule has 1 aromatic carbocycles. The van der Waals surface area contributed by atoms with Crippen molar-refractivity contribution in [1.82, 2.24) is 14.5 Å². The summed E-state index contributed by atoms with van der Waals surface area (Å²) in [6, 6.07) is 10.5. The molecule has 4 heteroatoms. The van der Waals surface area contributed by atoms with Gasteiger partial charge in [0.15, 0.2) is 0 Å². The highest BCUT2D eigenvalue weighted by atomic mass is 16.3. The average Bonchev–Trinajstić information content (AvgIpc) is 2.94. The van der Waals surface area contributed by atoms with Crippen LogP contribution in [0, 0.1) is 5.92 Å². The normalized spacial score (nSPS) is 21.3. The van der Waals surface area contributed by atoms with Gasteiger partial charge in [-0.05, 0) is 24.9 Å². The molecule has 3 rings (SSSR count). The Labute approximate surface area is 126 Å². The van der Waals surface area contributed by atoms with E-state index in [1.54, 1.807) is 6.20 Å². The second-order valence-electron chi connectivity index (χ2n) is 5.96. The van der Waals surface area contributed by atoms with Gasteiger partial charge >= 0.3 is 0 Å². The van der Waals surface area contributed by atoms with Gasteiger partial charge in [-0.25, -0.2) is 4.98 Å². The Kier molecular flexibility index (Phi) is 4.36. The molecule has 21 heavy (non-hydrogen) atoms. The van der Waals surface area contributed by atoms with Gasteiger partial charge in [-0.2, -0.15) is 0 Å². The van der Waals surface area contributed by atoms with Crippen molar-refractivity contribution in [3.05, 3.63) is 54.1 Å². The molecule has 1 saturated heterocycles. The molecule has 1 aliphatic heterocycles. The van der Waals surface area contributed by atoms with Crippen molar-refractivity contribution in [3.8, 4) is 0 Å². The predicted octanol–water partition coefficient (Wildman–Crippen LogP) is 2.37. The van der Waals surface area contributed by atoms with E-state index in [4.69, 9.17) is 0 Å². The van der Waals surface area contributed by atoms with E-state index in [-0.39, 0.29) is 5.92 Å². The third-order valence-corrected chi connectivity index (χ3v) is 4.36. The zero-order chi connectivity index (χ0) is 14.7. The molecule has 2 aromatic rings. The molecule has 0 amide bonds. The molecule has 4 nitrogen and oxygen atoms in total. The molecule has 112 valence electrons. The van der Waals surface area contributed by atoms with Crippen LogP contribution < -0.4 is 0 Å². The molecule has 1 aliphatic rings. The van der Waals surface area contributed by atoms with Crippen molar-refractivity contribution in [2.75, 3.05) is 13.1 Å². The molecule has 0 aliphatic carbocycles. The van der Waals surface area contributed by atoms with Crippen LogP contribution in [-0.2, 0) is 13.6 Å². The van der Waals surface area contributed by atoms with Crippen molar-refractivity contribution in [3.63, 3.8) is 0 Å². The first kappa shape index (κ1) is 14.3. The first-order valence-electron chi connectivity index (χ1n) is 7.65. The van der Waals surface area contributed by atoms with Crippen LogP contribution in [-0.4, -0.2) is 32.6 Å². The van der Waals surface area contributed by atoms with Crippen LogP contribution in [0.4, 0.5) is 0 Å². The summed E-state index contributed by atoms with van der Waals surface area (Å²) >= 11 is 0. The highest BCUT2D eigenvalue weighted by Gasteiger charge is 2.29. The summed E-state index contributed by atoms with van der Waals surface area (Å²) in [4.78, 5) is 6.73. The fourth-order valence-electron chi connectivity index (χ4n) is 3.21. The lowest BCUT2D eigenvalue weighted by Gasteiger charge is -2.34. The molecule has 0 bridgehead atoms. The van der Waals surface area contributed by atoms with E-state index in [2.05, 4.69) is 34.1 Å². The van der Waals surface area contributed by atoms with E-state index < -0.39 is 6.10 Å². The summed E-state index contributed by atoms with van der Waals surface area (Å²) in [6.45, 7) is 3.01. The Morgan fingerprint density at radius 2 is 2.14 bits per heavy atom. The molecule has 2 unspecified atom stereocenters. The first-order chi connectivity index (χ1) is 10.2. The molecule has 1 N–H and O–H groups in total. The third kappa shape index (κ3) is 3.34. The summed E-state index contributed by atoms with van der Waals surface area (Å²) in [5.74, 6) is 1.05. The number of piperidine rings is 1. The Morgan fingerprint density at radius 1 is 1.33 bits per heavy atom. The number of aliphatic hydroxyl groups is 1. The molecule has 0 saturated carbocycles. The summed E-state index contributed by atoms with van der Waals surface area (Å²) in [5, 5.41) is 10.6. The second kappa shape index (κ2) is 6.41. The van der Waals surface area contributed by atoms with Crippen molar-refractivity contribution >= 4 is 0 Å². The van der Waals surface area contributed by atoms with Crippen molar-refractivity contribution in [2.24, 2.45) is 13.0 Å². The van der Waals surface area contributed by atoms with Crippen LogP contribution in [0.2, 0.25) is 0 Å². The van der Waals surface area contributed by atoms with Crippen LogP contribution >= 0.6 is 0 Å². The smallest absolute Gasteiger partial charge is 0.137 e. The van der Waals surface area contributed by atoms with Gasteiger partial charge in [-0.1, -0.05) is 30.3 Å². The van der Waals surface area contributed by atoms with Crippen LogP contribution in [0.15, 0.2) is 42.7 Å². The molecule has 2 heterocycles. The molecular weight excluding hydrogens is 262 g/mol. The van der Waals surface area contributed by atoms with E-state index >= 15 is 0 Å². The monoisotopic (exact) mass is 285 g/mol. The minimum absolute atomic E-state index is 0.267. The number of imidazole rings is 1. The van der Waals surface area contributed by atoms with E-state index in [1.807, 2.05) is 23.9 Å². The number of likely N-dealkylation sites (tertiary alicyclic amines) is 1. The van der Waals surface area contributed by atoms with Gasteiger partial charge in [0.05, 0.1) is 0 Å². The van der Waals surface area contributed by atoms with Crippen molar-refractivity contribution in [1.29, 1.82) is 0 Å². The number of rotatable bonds is 4. The largest absolute Gasteiger partial charge is 0.385 e. The van der Waals surface area contributed by atoms with Crippen LogP contribution in [0.25, 0.3) is 0 Å². The molecule has 0 spiro atoms. The summed E-state index contributed by atoms with van der Waals surface area (Å²) < 4.78 is 1.92. The van der Waals surface area contributed by atoms with Gasteiger partial charge in [0, 0.05) is 38.4 Å². The van der Waals surface area contributed by atoms with Crippen molar-refractivity contribution < 1.29 is 5.11 Å². The predicted molar refractivity (Wildman–Crippen MR) is 82.6 cm³/mol. The van der Waals surface area contributed by atoms with Gasteiger partial charge in [0.2, 0.25) is 0 Å². The minimum Gasteiger partial charge on any atom is -0.385 e. The van der Waals surface area contributed by atoms with Crippen molar-refractivity contribution in [2.45, 2.75) is 25.5 Å². The first-order valence-corrected chi connectivity index (χ1v) is 7.65. The average molecular weight is 285 g/mol. The Hall–Kier alpha value is -1.65. The lowest BCUT2D eigenvalue weighted by Crippen LogP contribution is -2.37. The van der Waals surface area contributed by atoms with Crippen LogP contribution in [0.3, 0.4) is 0 Å². The van der Waals surface area contributed by atoms with E-state index in [0.29, 0.717) is 0 Å². The van der Waals surface area contributed by atoms with Crippen LogP contribution in [0.5, 0.6) is 0 Å². The SMILES string of the molecule is Cn1ccnc1C(O)C1CCCN(Cc2ccccc2)C1. The zero-order valence-electron chi connectivity index (χ0n) is 12.5. The van der Waals surface area contributed by atoms with Gasteiger partial charge in [-0.15, -0.1) is 0 Å². The molecule has 2 atom stereocenters. The molecule has 0 radical (unpaired) electrons. The second-order valence-corrected chi connectivity index (χ2v) is 5.96. The van der Waals surface area contributed by atoms with E-state index in [9.17, 15) is 5.11 Å². The number of nitrogens with zero attached hydrogens (tertiary/aromatic N) is 3. The maximum atomic E-state index is 10.6. The Bertz CT molecular complexity index is 566. The summed E-state index contributed by atoms with van der Waals surface area (Å²) in [7, 11) is 1.94. The number of aliphatic hydroxyl groups excluding tert-OH is 1. The maximum Gasteiger partial charge on any atom is 0.137 e.